The lowest BCUT2D eigenvalue weighted by Gasteiger charge is -2.13. The van der Waals surface area contributed by atoms with Gasteiger partial charge in [0, 0.05) is 7.05 Å². The Morgan fingerprint density at radius 1 is 1.33 bits per heavy atom. The zero-order chi connectivity index (χ0) is 15.0. The van der Waals surface area contributed by atoms with Crippen molar-refractivity contribution in [1.82, 2.24) is 15.1 Å². The van der Waals surface area contributed by atoms with E-state index in [1.54, 1.807) is 17.0 Å². The van der Waals surface area contributed by atoms with Crippen molar-refractivity contribution in [1.29, 1.82) is 0 Å². The molecule has 1 aromatic heterocycles. The molecule has 0 spiro atoms. The third-order valence-electron chi connectivity index (χ3n) is 3.11. The Morgan fingerprint density at radius 3 is 2.67 bits per heavy atom. The van der Waals surface area contributed by atoms with Crippen LogP contribution >= 0.6 is 28.1 Å². The molecule has 1 aliphatic rings. The smallest absolute Gasteiger partial charge is 0.281 e. The molecule has 3 rings (SSSR count). The van der Waals surface area contributed by atoms with Gasteiger partial charge in [0.1, 0.15) is 5.70 Å². The van der Waals surface area contributed by atoms with Crippen LogP contribution in [-0.4, -0.2) is 20.8 Å². The van der Waals surface area contributed by atoms with Gasteiger partial charge in [0.15, 0.2) is 5.11 Å². The van der Waals surface area contributed by atoms with Crippen molar-refractivity contribution in [3.8, 4) is 0 Å². The summed E-state index contributed by atoms with van der Waals surface area (Å²) in [4.78, 5) is 14.0. The second-order valence-electron chi connectivity index (χ2n) is 4.47. The minimum atomic E-state index is -0.181. The summed E-state index contributed by atoms with van der Waals surface area (Å²) in [6, 6.07) is 9.31. The van der Waals surface area contributed by atoms with Gasteiger partial charge in [0.05, 0.1) is 22.1 Å². The first kappa shape index (κ1) is 14.0. The Hall–Kier alpha value is -1.99. The number of benzene rings is 1. The summed E-state index contributed by atoms with van der Waals surface area (Å²) in [6.07, 6.45) is 3.41. The van der Waals surface area contributed by atoms with E-state index in [-0.39, 0.29) is 5.91 Å². The molecule has 106 valence electrons. The lowest BCUT2D eigenvalue weighted by molar-refractivity contribution is -0.113. The number of carbonyl (C=O) groups excluding carboxylic acids is 1. The van der Waals surface area contributed by atoms with E-state index in [4.69, 9.17) is 12.2 Å². The number of hydrogen-bond acceptors (Lipinski definition) is 3. The topological polar surface area (TPSA) is 50.2 Å². The fourth-order valence-electron chi connectivity index (χ4n) is 2.07. The zero-order valence-corrected chi connectivity index (χ0v) is 13.5. The van der Waals surface area contributed by atoms with E-state index in [2.05, 4.69) is 26.3 Å². The summed E-state index contributed by atoms with van der Waals surface area (Å²) in [7, 11) is 1.81. The molecule has 1 aliphatic heterocycles. The van der Waals surface area contributed by atoms with Crippen molar-refractivity contribution < 1.29 is 4.79 Å². The molecule has 1 aromatic carbocycles. The molecule has 1 N–H and O–H groups in total. The average Bonchev–Trinajstić information content (AvgIpc) is 2.94. The fourth-order valence-corrected chi connectivity index (χ4v) is 2.83. The summed E-state index contributed by atoms with van der Waals surface area (Å²) in [6.45, 7) is 0. The molecule has 0 aliphatic carbocycles. The number of nitrogens with zero attached hydrogens (tertiary/aromatic N) is 3. The van der Waals surface area contributed by atoms with Gasteiger partial charge in [-0.25, -0.2) is 0 Å². The van der Waals surface area contributed by atoms with E-state index in [0.29, 0.717) is 10.8 Å². The lowest BCUT2D eigenvalue weighted by Crippen LogP contribution is -2.30. The van der Waals surface area contributed by atoms with Crippen LogP contribution in [0.2, 0.25) is 0 Å². The Kier molecular flexibility index (Phi) is 3.60. The van der Waals surface area contributed by atoms with E-state index in [1.165, 1.54) is 4.90 Å². The van der Waals surface area contributed by atoms with Crippen LogP contribution in [0.5, 0.6) is 0 Å². The molecule has 7 heteroatoms. The molecule has 0 saturated carbocycles. The second-order valence-corrected chi connectivity index (χ2v) is 5.71. The average molecular weight is 363 g/mol. The largest absolute Gasteiger partial charge is 0.327 e. The Bertz CT molecular complexity index is 734. The van der Waals surface area contributed by atoms with Crippen molar-refractivity contribution in [3.05, 3.63) is 52.4 Å². The summed E-state index contributed by atoms with van der Waals surface area (Å²) in [5, 5.41) is 7.44. The van der Waals surface area contributed by atoms with Crippen molar-refractivity contribution in [2.24, 2.45) is 7.05 Å². The summed E-state index contributed by atoms with van der Waals surface area (Å²) < 4.78 is 2.50. The third kappa shape index (κ3) is 2.50. The van der Waals surface area contributed by atoms with Crippen molar-refractivity contribution in [2.75, 3.05) is 4.90 Å². The van der Waals surface area contributed by atoms with Crippen LogP contribution in [-0.2, 0) is 11.8 Å². The molecule has 5 nitrogen and oxygen atoms in total. The van der Waals surface area contributed by atoms with E-state index < -0.39 is 0 Å². The quantitative estimate of drug-likeness (QED) is 0.658. The number of nitrogens with one attached hydrogen (secondary N) is 1. The molecule has 1 saturated heterocycles. The summed E-state index contributed by atoms with van der Waals surface area (Å²) >= 11 is 8.66. The Morgan fingerprint density at radius 2 is 2.05 bits per heavy atom. The van der Waals surface area contributed by atoms with Crippen LogP contribution in [0.15, 0.2) is 46.7 Å². The van der Waals surface area contributed by atoms with Gasteiger partial charge in [-0.2, -0.15) is 5.10 Å². The maximum Gasteiger partial charge on any atom is 0.281 e. The van der Waals surface area contributed by atoms with Crippen LogP contribution in [0.3, 0.4) is 0 Å². The predicted molar refractivity (Wildman–Crippen MR) is 88.5 cm³/mol. The number of halogens is 1. The molecule has 0 radical (unpaired) electrons. The van der Waals surface area contributed by atoms with Crippen LogP contribution in [0.1, 0.15) is 5.69 Å². The number of aromatic nitrogens is 2. The molecule has 1 amide bonds. The highest BCUT2D eigenvalue weighted by Crippen LogP contribution is 2.24. The number of carbonyl (C=O) groups is 1. The third-order valence-corrected chi connectivity index (χ3v) is 4.01. The minimum absolute atomic E-state index is 0.181. The number of anilines is 1. The predicted octanol–water partition coefficient (Wildman–Crippen LogP) is 2.44. The van der Waals surface area contributed by atoms with Gasteiger partial charge in [-0.3, -0.25) is 14.4 Å². The van der Waals surface area contributed by atoms with Crippen LogP contribution in [0.25, 0.3) is 6.08 Å². The van der Waals surface area contributed by atoms with Gasteiger partial charge in [0.25, 0.3) is 5.91 Å². The summed E-state index contributed by atoms with van der Waals surface area (Å²) in [5.74, 6) is -0.181. The van der Waals surface area contributed by atoms with E-state index in [1.807, 2.05) is 37.4 Å². The van der Waals surface area contributed by atoms with Crippen LogP contribution in [0.4, 0.5) is 5.69 Å². The van der Waals surface area contributed by atoms with Gasteiger partial charge in [-0.1, -0.05) is 18.2 Å². The number of amides is 1. The maximum absolute atomic E-state index is 12.5. The van der Waals surface area contributed by atoms with Crippen molar-refractivity contribution >= 4 is 50.9 Å². The number of thiocarbonyl (C=S) groups is 1. The standard InChI is InChI=1S/C14H11BrN4OS/c1-18-12(10(15)8-16-18)7-11-13(20)19(14(21)17-11)9-5-3-2-4-6-9/h2-8H,1H3,(H,17,21)/b11-7+. The van der Waals surface area contributed by atoms with Gasteiger partial charge in [-0.15, -0.1) is 0 Å². The fraction of sp³-hybridized carbons (Fsp3) is 0.0714. The van der Waals surface area contributed by atoms with Gasteiger partial charge < -0.3 is 5.32 Å². The number of aryl methyl sites for hydroxylation is 1. The molecule has 2 aromatic rings. The maximum atomic E-state index is 12.5. The van der Waals surface area contributed by atoms with Gasteiger partial charge >= 0.3 is 0 Å². The first-order valence-corrected chi connectivity index (χ1v) is 7.38. The Balaban J connectivity index is 1.98. The first-order valence-electron chi connectivity index (χ1n) is 6.17. The molecule has 1 fully saturated rings. The van der Waals surface area contributed by atoms with Gasteiger partial charge in [-0.05, 0) is 46.4 Å². The highest BCUT2D eigenvalue weighted by Gasteiger charge is 2.32. The normalized spacial score (nSPS) is 16.7. The number of para-hydroxylation sites is 1. The molecule has 2 heterocycles. The van der Waals surface area contributed by atoms with Crippen molar-refractivity contribution in [3.63, 3.8) is 0 Å². The zero-order valence-electron chi connectivity index (χ0n) is 11.1. The SMILES string of the molecule is Cn1ncc(Br)c1/C=C1/NC(=S)N(c2ccccc2)C1=O. The second kappa shape index (κ2) is 5.42. The van der Waals surface area contributed by atoms with Gasteiger partial charge in [0.2, 0.25) is 0 Å². The molecule has 0 atom stereocenters. The summed E-state index contributed by atoms with van der Waals surface area (Å²) in [5.41, 5.74) is 1.96. The molecule has 0 unspecified atom stereocenters. The minimum Gasteiger partial charge on any atom is -0.327 e. The molecular weight excluding hydrogens is 352 g/mol. The molecule has 0 bridgehead atoms. The van der Waals surface area contributed by atoms with Crippen LogP contribution in [0, 0.1) is 0 Å². The molecule has 21 heavy (non-hydrogen) atoms. The first-order chi connectivity index (χ1) is 10.1. The van der Waals surface area contributed by atoms with Crippen LogP contribution < -0.4 is 10.2 Å². The highest BCUT2D eigenvalue weighted by atomic mass is 79.9. The number of rotatable bonds is 2. The van der Waals surface area contributed by atoms with Crippen molar-refractivity contribution in [2.45, 2.75) is 0 Å². The molecular formula is C14H11BrN4OS. The highest BCUT2D eigenvalue weighted by molar-refractivity contribution is 9.10. The monoisotopic (exact) mass is 362 g/mol. The lowest BCUT2D eigenvalue weighted by atomic mass is 10.2. The van der Waals surface area contributed by atoms with E-state index >= 15 is 0 Å². The van der Waals surface area contributed by atoms with E-state index in [9.17, 15) is 4.79 Å². The van der Waals surface area contributed by atoms with E-state index in [0.717, 1.165) is 15.9 Å². The number of hydrogen-bond donors (Lipinski definition) is 1. The Labute approximate surface area is 135 Å².